The highest BCUT2D eigenvalue weighted by atomic mass is 32.2. The van der Waals surface area contributed by atoms with Crippen molar-refractivity contribution < 1.29 is 23.4 Å². The van der Waals surface area contributed by atoms with Crippen LogP contribution in [0.3, 0.4) is 0 Å². The molecule has 2 N–H and O–H groups in total. The number of aromatic carboxylic acids is 1. The zero-order valence-electron chi connectivity index (χ0n) is 12.0. The molecule has 1 heterocycles. The molecule has 0 amide bonds. The van der Waals surface area contributed by atoms with Gasteiger partial charge in [-0.15, -0.1) is 11.3 Å². The fourth-order valence-corrected chi connectivity index (χ4v) is 4.95. The Bertz CT molecular complexity index is 810. The summed E-state index contributed by atoms with van der Waals surface area (Å²) in [4.78, 5) is 11.4. The summed E-state index contributed by atoms with van der Waals surface area (Å²) in [6.45, 7) is 3.39. The van der Waals surface area contributed by atoms with E-state index in [9.17, 15) is 18.3 Å². The lowest BCUT2D eigenvalue weighted by molar-refractivity contribution is 0.0702. The molecule has 2 aromatic rings. The average Bonchev–Trinajstić information content (AvgIpc) is 2.82. The number of sulfonamides is 1. The molecule has 0 bridgehead atoms. The molecule has 0 unspecified atom stereocenters. The highest BCUT2D eigenvalue weighted by molar-refractivity contribution is 7.93. The number of anilines is 1. The summed E-state index contributed by atoms with van der Waals surface area (Å²) in [5, 5.41) is 18.5. The molecular weight excluding hydrogens is 326 g/mol. The SMILES string of the molecule is CCN(c1cccc(O)c1)S(=O)(=O)c1cc(C(=O)O)sc1C. The minimum Gasteiger partial charge on any atom is -0.508 e. The Morgan fingerprint density at radius 1 is 1.32 bits per heavy atom. The van der Waals surface area contributed by atoms with Gasteiger partial charge in [-0.2, -0.15) is 0 Å². The van der Waals surface area contributed by atoms with Crippen LogP contribution in [0.1, 0.15) is 21.5 Å². The highest BCUT2D eigenvalue weighted by Crippen LogP contribution is 2.31. The monoisotopic (exact) mass is 341 g/mol. The number of phenols is 1. The van der Waals surface area contributed by atoms with Crippen molar-refractivity contribution in [3.63, 3.8) is 0 Å². The van der Waals surface area contributed by atoms with Crippen LogP contribution in [-0.4, -0.2) is 31.1 Å². The van der Waals surface area contributed by atoms with Crippen molar-refractivity contribution in [3.05, 3.63) is 40.1 Å². The molecule has 0 radical (unpaired) electrons. The number of aromatic hydroxyl groups is 1. The molecule has 8 heteroatoms. The maximum Gasteiger partial charge on any atom is 0.345 e. The molecule has 22 heavy (non-hydrogen) atoms. The van der Waals surface area contributed by atoms with Crippen LogP contribution in [0.4, 0.5) is 5.69 Å². The van der Waals surface area contributed by atoms with E-state index >= 15 is 0 Å². The fourth-order valence-electron chi connectivity index (χ4n) is 2.09. The van der Waals surface area contributed by atoms with Crippen LogP contribution < -0.4 is 4.31 Å². The largest absolute Gasteiger partial charge is 0.508 e. The summed E-state index contributed by atoms with van der Waals surface area (Å²) in [6, 6.07) is 7.08. The molecule has 1 aromatic carbocycles. The van der Waals surface area contributed by atoms with Gasteiger partial charge < -0.3 is 10.2 Å². The topological polar surface area (TPSA) is 94.9 Å². The number of benzene rings is 1. The number of carboxylic acids is 1. The van der Waals surface area contributed by atoms with Crippen molar-refractivity contribution in [2.45, 2.75) is 18.7 Å². The van der Waals surface area contributed by atoms with Crippen LogP contribution in [0.15, 0.2) is 35.2 Å². The molecule has 0 aliphatic heterocycles. The molecule has 0 saturated carbocycles. The van der Waals surface area contributed by atoms with Gasteiger partial charge >= 0.3 is 5.97 Å². The molecule has 0 aliphatic carbocycles. The molecule has 6 nitrogen and oxygen atoms in total. The molecule has 0 spiro atoms. The summed E-state index contributed by atoms with van der Waals surface area (Å²) in [5.41, 5.74) is 0.324. The maximum atomic E-state index is 12.8. The van der Waals surface area contributed by atoms with Gasteiger partial charge in [0, 0.05) is 17.5 Å². The number of phenolic OH excluding ortho intramolecular Hbond substituents is 1. The van der Waals surface area contributed by atoms with E-state index < -0.39 is 16.0 Å². The van der Waals surface area contributed by atoms with Crippen LogP contribution >= 0.6 is 11.3 Å². The van der Waals surface area contributed by atoms with Gasteiger partial charge in [0.25, 0.3) is 10.0 Å². The predicted octanol–water partition coefficient (Wildman–Crippen LogP) is 2.68. The van der Waals surface area contributed by atoms with E-state index in [1.807, 2.05) is 0 Å². The smallest absolute Gasteiger partial charge is 0.345 e. The lowest BCUT2D eigenvalue weighted by Crippen LogP contribution is -2.30. The summed E-state index contributed by atoms with van der Waals surface area (Å²) in [6.07, 6.45) is 0. The number of carbonyl (C=O) groups is 1. The molecule has 0 aliphatic rings. The highest BCUT2D eigenvalue weighted by Gasteiger charge is 2.28. The number of thiophene rings is 1. The quantitative estimate of drug-likeness (QED) is 0.872. The third-order valence-corrected chi connectivity index (χ3v) is 6.25. The van der Waals surface area contributed by atoms with Gasteiger partial charge in [0.2, 0.25) is 0 Å². The second-order valence-electron chi connectivity index (χ2n) is 4.53. The van der Waals surface area contributed by atoms with E-state index in [1.165, 1.54) is 18.2 Å². The zero-order valence-corrected chi connectivity index (χ0v) is 13.6. The van der Waals surface area contributed by atoms with Crippen molar-refractivity contribution in [2.75, 3.05) is 10.8 Å². The van der Waals surface area contributed by atoms with Gasteiger partial charge in [-0.05, 0) is 32.0 Å². The van der Waals surface area contributed by atoms with Gasteiger partial charge in [0.05, 0.1) is 5.69 Å². The Morgan fingerprint density at radius 2 is 2.00 bits per heavy atom. The van der Waals surface area contributed by atoms with Crippen molar-refractivity contribution in [3.8, 4) is 5.75 Å². The number of rotatable bonds is 5. The number of carboxylic acid groups (broad SMARTS) is 1. The van der Waals surface area contributed by atoms with Crippen molar-refractivity contribution in [1.82, 2.24) is 0 Å². The fraction of sp³-hybridized carbons (Fsp3) is 0.214. The molecule has 2 rings (SSSR count). The lowest BCUT2D eigenvalue weighted by atomic mass is 10.3. The van der Waals surface area contributed by atoms with E-state index in [2.05, 4.69) is 0 Å². The third kappa shape index (κ3) is 2.93. The normalized spacial score (nSPS) is 11.4. The summed E-state index contributed by atoms with van der Waals surface area (Å²) >= 11 is 0.921. The zero-order chi connectivity index (χ0) is 16.5. The van der Waals surface area contributed by atoms with Crippen molar-refractivity contribution >= 4 is 33.0 Å². The molecule has 0 atom stereocenters. The Kier molecular flexibility index (Phi) is 4.43. The summed E-state index contributed by atoms with van der Waals surface area (Å²) in [5.74, 6) is -1.20. The first kappa shape index (κ1) is 16.3. The van der Waals surface area contributed by atoms with Gasteiger partial charge in [-0.25, -0.2) is 13.2 Å². The van der Waals surface area contributed by atoms with E-state index in [0.29, 0.717) is 10.6 Å². The van der Waals surface area contributed by atoms with Crippen LogP contribution in [0.2, 0.25) is 0 Å². The second-order valence-corrected chi connectivity index (χ2v) is 7.61. The van der Waals surface area contributed by atoms with E-state index in [0.717, 1.165) is 15.6 Å². The minimum absolute atomic E-state index is 0.0250. The van der Waals surface area contributed by atoms with E-state index in [1.54, 1.807) is 26.0 Å². The van der Waals surface area contributed by atoms with Crippen molar-refractivity contribution in [1.29, 1.82) is 0 Å². The average molecular weight is 341 g/mol. The van der Waals surface area contributed by atoms with Gasteiger partial charge in [0.1, 0.15) is 15.5 Å². The van der Waals surface area contributed by atoms with Crippen molar-refractivity contribution in [2.24, 2.45) is 0 Å². The van der Waals surface area contributed by atoms with E-state index in [-0.39, 0.29) is 22.1 Å². The molecule has 0 fully saturated rings. The Hall–Kier alpha value is -2.06. The maximum absolute atomic E-state index is 12.8. The van der Waals surface area contributed by atoms with Gasteiger partial charge in [0.15, 0.2) is 0 Å². The Morgan fingerprint density at radius 3 is 2.50 bits per heavy atom. The lowest BCUT2D eigenvalue weighted by Gasteiger charge is -2.22. The first-order valence-electron chi connectivity index (χ1n) is 6.43. The number of nitrogens with zero attached hydrogens (tertiary/aromatic N) is 1. The number of hydrogen-bond acceptors (Lipinski definition) is 5. The Balaban J connectivity index is 2.54. The van der Waals surface area contributed by atoms with Gasteiger partial charge in [-0.1, -0.05) is 6.07 Å². The minimum atomic E-state index is -3.90. The number of hydrogen-bond donors (Lipinski definition) is 2. The van der Waals surface area contributed by atoms with Gasteiger partial charge in [-0.3, -0.25) is 4.31 Å². The molecular formula is C14H15NO5S2. The molecule has 118 valence electrons. The van der Waals surface area contributed by atoms with Crippen LogP contribution in [-0.2, 0) is 10.0 Å². The Labute approximate surface area is 132 Å². The summed E-state index contributed by atoms with van der Waals surface area (Å²) in [7, 11) is -3.90. The first-order chi connectivity index (χ1) is 10.3. The number of aryl methyl sites for hydroxylation is 1. The third-order valence-electron chi connectivity index (χ3n) is 3.06. The molecule has 0 saturated heterocycles. The predicted molar refractivity (Wildman–Crippen MR) is 84.3 cm³/mol. The first-order valence-corrected chi connectivity index (χ1v) is 8.68. The van der Waals surface area contributed by atoms with Crippen LogP contribution in [0.25, 0.3) is 0 Å². The second kappa shape index (κ2) is 5.98. The standard InChI is InChI=1S/C14H15NO5S2/c1-3-15(10-5-4-6-11(16)7-10)22(19,20)13-8-12(14(17)18)21-9(13)2/h4-8,16H,3H2,1-2H3,(H,17,18). The molecule has 1 aromatic heterocycles. The summed E-state index contributed by atoms with van der Waals surface area (Å²) < 4.78 is 26.7. The van der Waals surface area contributed by atoms with E-state index in [4.69, 9.17) is 5.11 Å². The van der Waals surface area contributed by atoms with Crippen LogP contribution in [0.5, 0.6) is 5.75 Å². The van der Waals surface area contributed by atoms with Crippen LogP contribution in [0, 0.1) is 6.92 Å².